The molecule has 0 heterocycles. The van der Waals surface area contributed by atoms with Crippen LogP contribution in [0.25, 0.3) is 0 Å². The summed E-state index contributed by atoms with van der Waals surface area (Å²) in [5.74, 6) is 0.321. The monoisotopic (exact) mass is 158 g/mol. The molecule has 0 aromatic carbocycles. The molecule has 0 aromatic heterocycles. The van der Waals surface area contributed by atoms with E-state index >= 15 is 0 Å². The van der Waals surface area contributed by atoms with E-state index in [1.54, 1.807) is 0 Å². The molecule has 0 unspecified atom stereocenters. The van der Waals surface area contributed by atoms with Gasteiger partial charge in [0.25, 0.3) is 0 Å². The van der Waals surface area contributed by atoms with Crippen molar-refractivity contribution in [2.45, 2.75) is 37.8 Å². The molecule has 3 nitrogen and oxygen atoms in total. The summed E-state index contributed by atoms with van der Waals surface area (Å²) in [7, 11) is 0. The molecule has 1 fully saturated rings. The summed E-state index contributed by atoms with van der Waals surface area (Å²) in [4.78, 5) is 0. The highest BCUT2D eigenvalue weighted by Crippen LogP contribution is 2.28. The second kappa shape index (κ2) is 3.52. The van der Waals surface area contributed by atoms with Gasteiger partial charge in [0.05, 0.1) is 12.3 Å². The van der Waals surface area contributed by atoms with Gasteiger partial charge in [0.15, 0.2) is 0 Å². The van der Waals surface area contributed by atoms with Gasteiger partial charge in [-0.25, -0.2) is 0 Å². The third-order valence-corrected chi connectivity index (χ3v) is 2.64. The van der Waals surface area contributed by atoms with Crippen LogP contribution in [0.3, 0.4) is 0 Å². The van der Waals surface area contributed by atoms with E-state index in [0.29, 0.717) is 5.92 Å². The van der Waals surface area contributed by atoms with Crippen LogP contribution in [0.15, 0.2) is 0 Å². The van der Waals surface area contributed by atoms with E-state index in [9.17, 15) is 0 Å². The Bertz CT molecular complexity index is 119. The minimum absolute atomic E-state index is 0.0995. The van der Waals surface area contributed by atoms with Gasteiger partial charge in [0.2, 0.25) is 0 Å². The van der Waals surface area contributed by atoms with Crippen molar-refractivity contribution in [3.63, 3.8) is 0 Å². The number of aliphatic hydroxyl groups excluding tert-OH is 1. The highest BCUT2D eigenvalue weighted by Gasteiger charge is 2.30. The second-order valence-electron chi connectivity index (χ2n) is 3.61. The molecule has 0 radical (unpaired) electrons. The Morgan fingerprint density at radius 1 is 1.18 bits per heavy atom. The number of aliphatic hydroxyl groups is 1. The average molecular weight is 158 g/mol. The lowest BCUT2D eigenvalue weighted by atomic mass is 9.81. The molecule has 3 heteroatoms. The first-order chi connectivity index (χ1) is 5.17. The van der Waals surface area contributed by atoms with Crippen LogP contribution < -0.4 is 11.5 Å². The lowest BCUT2D eigenvalue weighted by molar-refractivity contribution is 0.119. The molecule has 0 amide bonds. The summed E-state index contributed by atoms with van der Waals surface area (Å²) >= 11 is 0. The molecule has 0 saturated heterocycles. The summed E-state index contributed by atoms with van der Waals surface area (Å²) in [6.07, 6.45) is 5.86. The van der Waals surface area contributed by atoms with Crippen LogP contribution in [0.5, 0.6) is 0 Å². The summed E-state index contributed by atoms with van der Waals surface area (Å²) in [5, 5.41) is 8.90. The van der Waals surface area contributed by atoms with Gasteiger partial charge < -0.3 is 16.6 Å². The lowest BCUT2D eigenvalue weighted by Crippen LogP contribution is -2.58. The smallest absolute Gasteiger partial charge is 0.0903 e. The van der Waals surface area contributed by atoms with Gasteiger partial charge in [-0.1, -0.05) is 19.3 Å². The first-order valence-electron chi connectivity index (χ1n) is 4.35. The predicted molar refractivity (Wildman–Crippen MR) is 44.8 cm³/mol. The topological polar surface area (TPSA) is 72.3 Å². The fourth-order valence-electron chi connectivity index (χ4n) is 1.77. The maximum Gasteiger partial charge on any atom is 0.0903 e. The van der Waals surface area contributed by atoms with Crippen molar-refractivity contribution in [2.24, 2.45) is 17.4 Å². The highest BCUT2D eigenvalue weighted by atomic mass is 16.3. The third-order valence-electron chi connectivity index (χ3n) is 2.64. The van der Waals surface area contributed by atoms with Crippen molar-refractivity contribution in [1.82, 2.24) is 0 Å². The number of hydrogen-bond acceptors (Lipinski definition) is 3. The van der Waals surface area contributed by atoms with E-state index in [0.717, 1.165) is 12.8 Å². The number of hydrogen-bond donors (Lipinski definition) is 3. The Morgan fingerprint density at radius 3 is 2.18 bits per heavy atom. The molecule has 5 N–H and O–H groups in total. The van der Waals surface area contributed by atoms with Gasteiger partial charge in [-0.2, -0.15) is 0 Å². The summed E-state index contributed by atoms with van der Waals surface area (Å²) in [6.45, 7) is -0.0995. The van der Waals surface area contributed by atoms with E-state index < -0.39 is 5.66 Å². The Labute approximate surface area is 67.8 Å². The zero-order chi connectivity index (χ0) is 8.32. The van der Waals surface area contributed by atoms with Crippen LogP contribution in [-0.2, 0) is 0 Å². The fourth-order valence-corrected chi connectivity index (χ4v) is 1.77. The standard InChI is InChI=1S/C8H18N2O/c9-8(10,6-11)7-4-2-1-3-5-7/h7,11H,1-6,9-10H2. The number of rotatable bonds is 2. The molecule has 0 aromatic rings. The van der Waals surface area contributed by atoms with Crippen LogP contribution in [0.4, 0.5) is 0 Å². The van der Waals surface area contributed by atoms with Crippen molar-refractivity contribution in [3.8, 4) is 0 Å². The SMILES string of the molecule is NC(N)(CO)C1CCCCC1. The predicted octanol–water partition coefficient (Wildman–Crippen LogP) is 0.173. The van der Waals surface area contributed by atoms with E-state index in [2.05, 4.69) is 0 Å². The van der Waals surface area contributed by atoms with E-state index in [1.807, 2.05) is 0 Å². The molecule has 1 saturated carbocycles. The minimum atomic E-state index is -0.833. The van der Waals surface area contributed by atoms with Crippen LogP contribution in [0.2, 0.25) is 0 Å². The van der Waals surface area contributed by atoms with Crippen LogP contribution in [-0.4, -0.2) is 17.4 Å². The maximum absolute atomic E-state index is 8.90. The molecular formula is C8H18N2O. The van der Waals surface area contributed by atoms with Crippen molar-refractivity contribution >= 4 is 0 Å². The molecule has 1 aliphatic rings. The van der Waals surface area contributed by atoms with Gasteiger partial charge in [0.1, 0.15) is 0 Å². The fraction of sp³-hybridized carbons (Fsp3) is 1.00. The molecular weight excluding hydrogens is 140 g/mol. The first kappa shape index (κ1) is 8.97. The van der Waals surface area contributed by atoms with Gasteiger partial charge >= 0.3 is 0 Å². The molecule has 11 heavy (non-hydrogen) atoms. The molecule has 0 bridgehead atoms. The zero-order valence-corrected chi connectivity index (χ0v) is 6.92. The second-order valence-corrected chi connectivity index (χ2v) is 3.61. The van der Waals surface area contributed by atoms with Crippen LogP contribution in [0, 0.1) is 5.92 Å². The molecule has 0 aliphatic heterocycles. The van der Waals surface area contributed by atoms with Crippen molar-refractivity contribution in [3.05, 3.63) is 0 Å². The Kier molecular flexibility index (Phi) is 2.87. The largest absolute Gasteiger partial charge is 0.393 e. The first-order valence-corrected chi connectivity index (χ1v) is 4.35. The van der Waals surface area contributed by atoms with E-state index in [4.69, 9.17) is 16.6 Å². The molecule has 1 aliphatic carbocycles. The van der Waals surface area contributed by atoms with Crippen molar-refractivity contribution < 1.29 is 5.11 Å². The van der Waals surface area contributed by atoms with Crippen molar-refractivity contribution in [1.29, 1.82) is 0 Å². The Hall–Kier alpha value is -0.120. The van der Waals surface area contributed by atoms with E-state index in [1.165, 1.54) is 19.3 Å². The normalized spacial score (nSPS) is 22.1. The number of nitrogens with two attached hydrogens (primary N) is 2. The molecule has 1 rings (SSSR count). The Balaban J connectivity index is 2.43. The highest BCUT2D eigenvalue weighted by molar-refractivity contribution is 4.86. The minimum Gasteiger partial charge on any atom is -0.393 e. The van der Waals surface area contributed by atoms with Gasteiger partial charge in [-0.05, 0) is 18.8 Å². The summed E-state index contributed by atoms with van der Waals surface area (Å²) in [5.41, 5.74) is 10.6. The summed E-state index contributed by atoms with van der Waals surface area (Å²) in [6, 6.07) is 0. The summed E-state index contributed by atoms with van der Waals surface area (Å²) < 4.78 is 0. The Morgan fingerprint density at radius 2 is 1.73 bits per heavy atom. The van der Waals surface area contributed by atoms with Gasteiger partial charge in [-0.3, -0.25) is 0 Å². The van der Waals surface area contributed by atoms with Crippen LogP contribution >= 0.6 is 0 Å². The van der Waals surface area contributed by atoms with Gasteiger partial charge in [-0.15, -0.1) is 0 Å². The van der Waals surface area contributed by atoms with Crippen molar-refractivity contribution in [2.75, 3.05) is 6.61 Å². The molecule has 66 valence electrons. The van der Waals surface area contributed by atoms with Crippen LogP contribution in [0.1, 0.15) is 32.1 Å². The van der Waals surface area contributed by atoms with E-state index in [-0.39, 0.29) is 6.61 Å². The average Bonchev–Trinajstić information content (AvgIpc) is 2.06. The lowest BCUT2D eigenvalue weighted by Gasteiger charge is -2.34. The maximum atomic E-state index is 8.90. The molecule has 0 spiro atoms. The third kappa shape index (κ3) is 2.15. The zero-order valence-electron chi connectivity index (χ0n) is 6.92. The van der Waals surface area contributed by atoms with Gasteiger partial charge in [0, 0.05) is 0 Å². The quantitative estimate of drug-likeness (QED) is 0.502. The molecule has 0 atom stereocenters.